The molecular weight excluding hydrogens is 379 g/mol. The quantitative estimate of drug-likeness (QED) is 0.681. The van der Waals surface area contributed by atoms with E-state index in [1.54, 1.807) is 6.20 Å². The van der Waals surface area contributed by atoms with Crippen molar-refractivity contribution < 1.29 is 18.0 Å². The molecule has 1 aliphatic heterocycles. The number of rotatable bonds is 4. The van der Waals surface area contributed by atoms with Gasteiger partial charge in [-0.25, -0.2) is 9.67 Å². The smallest absolute Gasteiger partial charge is 0.369 e. The Morgan fingerprint density at radius 3 is 2.79 bits per heavy atom. The van der Waals surface area contributed by atoms with E-state index in [2.05, 4.69) is 25.3 Å². The number of carbonyl (C=O) groups excluding carboxylic acids is 1. The summed E-state index contributed by atoms with van der Waals surface area (Å²) in [5, 5.41) is 11.8. The van der Waals surface area contributed by atoms with E-state index in [4.69, 9.17) is 5.73 Å². The molecule has 0 fully saturated rings. The van der Waals surface area contributed by atoms with E-state index in [0.29, 0.717) is 25.2 Å². The number of hydrogen-bond acceptors (Lipinski definition) is 6. The first-order valence-electron chi connectivity index (χ1n) is 8.46. The average Bonchev–Trinajstić information content (AvgIpc) is 3.30. The van der Waals surface area contributed by atoms with E-state index >= 15 is 0 Å². The molecule has 13 heteroatoms. The van der Waals surface area contributed by atoms with Gasteiger partial charge < -0.3 is 5.73 Å². The second-order valence-electron chi connectivity index (χ2n) is 6.53. The SMILES string of the molecule is Cn1nc(C(F)(F)F)nc1-n1nc(CC(N)=O)nc1C1CCn2nccc2C1. The summed E-state index contributed by atoms with van der Waals surface area (Å²) in [5.74, 6) is -1.65. The lowest BCUT2D eigenvalue weighted by molar-refractivity contribution is -0.145. The fourth-order valence-corrected chi connectivity index (χ4v) is 3.28. The maximum absolute atomic E-state index is 13.0. The lowest BCUT2D eigenvalue weighted by Gasteiger charge is -2.22. The third-order valence-corrected chi connectivity index (χ3v) is 4.51. The Hall–Kier alpha value is -3.25. The number of halogens is 3. The van der Waals surface area contributed by atoms with Gasteiger partial charge in [-0.15, -0.1) is 10.2 Å². The normalized spacial score (nSPS) is 16.9. The number of carbonyl (C=O) groups is 1. The molecule has 4 heterocycles. The van der Waals surface area contributed by atoms with Crippen LogP contribution in [0.3, 0.4) is 0 Å². The summed E-state index contributed by atoms with van der Waals surface area (Å²) in [7, 11) is 1.34. The first kappa shape index (κ1) is 18.1. The van der Waals surface area contributed by atoms with Crippen molar-refractivity contribution in [3.8, 4) is 5.95 Å². The molecule has 0 radical (unpaired) electrons. The van der Waals surface area contributed by atoms with E-state index in [1.807, 2.05) is 10.7 Å². The predicted octanol–water partition coefficient (Wildman–Crippen LogP) is 0.369. The van der Waals surface area contributed by atoms with Crippen molar-refractivity contribution in [3.63, 3.8) is 0 Å². The highest BCUT2D eigenvalue weighted by Crippen LogP contribution is 2.31. The monoisotopic (exact) mass is 395 g/mol. The molecule has 0 saturated heterocycles. The number of nitrogens with zero attached hydrogens (tertiary/aromatic N) is 8. The number of fused-ring (bicyclic) bond motifs is 1. The Balaban J connectivity index is 1.77. The summed E-state index contributed by atoms with van der Waals surface area (Å²) in [5.41, 5.74) is 6.20. The lowest BCUT2D eigenvalue weighted by atomic mass is 9.95. The zero-order valence-electron chi connectivity index (χ0n) is 14.8. The first-order chi connectivity index (χ1) is 13.2. The molecule has 3 aromatic rings. The van der Waals surface area contributed by atoms with Crippen LogP contribution >= 0.6 is 0 Å². The maximum Gasteiger partial charge on any atom is 0.453 e. The molecule has 1 amide bonds. The summed E-state index contributed by atoms with van der Waals surface area (Å²) in [6, 6.07) is 1.88. The summed E-state index contributed by atoms with van der Waals surface area (Å²) < 4.78 is 43.1. The first-order valence-corrected chi connectivity index (χ1v) is 8.46. The molecule has 2 N–H and O–H groups in total. The maximum atomic E-state index is 13.0. The van der Waals surface area contributed by atoms with E-state index in [9.17, 15) is 18.0 Å². The van der Waals surface area contributed by atoms with Crippen LogP contribution in [0, 0.1) is 0 Å². The molecule has 1 atom stereocenters. The molecule has 10 nitrogen and oxygen atoms in total. The molecule has 0 saturated carbocycles. The van der Waals surface area contributed by atoms with Gasteiger partial charge in [-0.2, -0.15) is 27.9 Å². The molecule has 0 aromatic carbocycles. The fraction of sp³-hybridized carbons (Fsp3) is 0.467. The van der Waals surface area contributed by atoms with Crippen molar-refractivity contribution in [1.82, 2.24) is 39.3 Å². The largest absolute Gasteiger partial charge is 0.453 e. The number of nitrogens with two attached hydrogens (primary N) is 1. The minimum atomic E-state index is -4.69. The van der Waals surface area contributed by atoms with Gasteiger partial charge in [0.2, 0.25) is 5.91 Å². The molecule has 0 bridgehead atoms. The summed E-state index contributed by atoms with van der Waals surface area (Å²) in [4.78, 5) is 19.2. The highest BCUT2D eigenvalue weighted by atomic mass is 19.4. The van der Waals surface area contributed by atoms with Crippen LogP contribution < -0.4 is 5.73 Å². The van der Waals surface area contributed by atoms with Crippen LogP contribution in [0.5, 0.6) is 0 Å². The lowest BCUT2D eigenvalue weighted by Crippen LogP contribution is -2.22. The van der Waals surface area contributed by atoms with Crippen molar-refractivity contribution in [2.75, 3.05) is 0 Å². The number of primary amides is 1. The average molecular weight is 395 g/mol. The highest BCUT2D eigenvalue weighted by molar-refractivity contribution is 5.75. The number of aromatic nitrogens is 8. The fourth-order valence-electron chi connectivity index (χ4n) is 3.28. The molecule has 1 aliphatic rings. The molecule has 3 aromatic heterocycles. The standard InChI is InChI=1S/C15H16F3N9O/c1-25-14(22-13(24-25)15(16,17)18)27-12(21-11(23-27)7-10(19)28)8-3-5-26-9(6-8)2-4-20-26/h2,4,8H,3,5-7H2,1H3,(H2,19,28). The van der Waals surface area contributed by atoms with E-state index < -0.39 is 17.9 Å². The Kier molecular flexibility index (Phi) is 4.16. The molecular formula is C15H16F3N9O. The molecule has 4 rings (SSSR count). The van der Waals surface area contributed by atoms with Crippen LogP contribution in [0.15, 0.2) is 12.3 Å². The van der Waals surface area contributed by atoms with Crippen LogP contribution in [0.4, 0.5) is 13.2 Å². The highest BCUT2D eigenvalue weighted by Gasteiger charge is 2.38. The van der Waals surface area contributed by atoms with Gasteiger partial charge in [-0.3, -0.25) is 9.48 Å². The zero-order valence-corrected chi connectivity index (χ0v) is 14.8. The van der Waals surface area contributed by atoms with Crippen LogP contribution in [0.25, 0.3) is 5.95 Å². The van der Waals surface area contributed by atoms with Gasteiger partial charge in [-0.1, -0.05) is 0 Å². The third-order valence-electron chi connectivity index (χ3n) is 4.51. The van der Waals surface area contributed by atoms with Gasteiger partial charge in [0, 0.05) is 31.4 Å². The number of amides is 1. The topological polar surface area (TPSA) is 122 Å². The van der Waals surface area contributed by atoms with Gasteiger partial charge >= 0.3 is 6.18 Å². The van der Waals surface area contributed by atoms with Crippen LogP contribution in [0.2, 0.25) is 0 Å². The van der Waals surface area contributed by atoms with Crippen molar-refractivity contribution in [3.05, 3.63) is 35.4 Å². The molecule has 1 unspecified atom stereocenters. The van der Waals surface area contributed by atoms with E-state index in [0.717, 1.165) is 10.4 Å². The Morgan fingerprint density at radius 2 is 2.11 bits per heavy atom. The van der Waals surface area contributed by atoms with Crippen LogP contribution in [-0.4, -0.2) is 45.2 Å². The second-order valence-corrected chi connectivity index (χ2v) is 6.53. The zero-order chi connectivity index (χ0) is 20.1. The minimum absolute atomic E-state index is 0.123. The minimum Gasteiger partial charge on any atom is -0.369 e. The van der Waals surface area contributed by atoms with Crippen molar-refractivity contribution in [2.45, 2.75) is 37.9 Å². The third kappa shape index (κ3) is 3.23. The van der Waals surface area contributed by atoms with Gasteiger partial charge in [0.05, 0.1) is 6.42 Å². The van der Waals surface area contributed by atoms with E-state index in [-0.39, 0.29) is 24.1 Å². The van der Waals surface area contributed by atoms with Crippen molar-refractivity contribution >= 4 is 5.91 Å². The number of hydrogen-bond donors (Lipinski definition) is 1. The van der Waals surface area contributed by atoms with Gasteiger partial charge in [-0.05, 0) is 18.9 Å². The summed E-state index contributed by atoms with van der Waals surface area (Å²) >= 11 is 0. The molecule has 0 aliphatic carbocycles. The van der Waals surface area contributed by atoms with Gasteiger partial charge in [0.1, 0.15) is 5.82 Å². The van der Waals surface area contributed by atoms with Crippen molar-refractivity contribution in [2.24, 2.45) is 12.8 Å². The van der Waals surface area contributed by atoms with Crippen molar-refractivity contribution in [1.29, 1.82) is 0 Å². The number of alkyl halides is 3. The van der Waals surface area contributed by atoms with Crippen LogP contribution in [0.1, 0.15) is 35.5 Å². The molecule has 28 heavy (non-hydrogen) atoms. The molecule has 0 spiro atoms. The Bertz CT molecular complexity index is 1030. The van der Waals surface area contributed by atoms with Crippen LogP contribution in [-0.2, 0) is 37.4 Å². The predicted molar refractivity (Wildman–Crippen MR) is 87.1 cm³/mol. The molecule has 148 valence electrons. The summed E-state index contributed by atoms with van der Waals surface area (Å²) in [6.45, 7) is 0.637. The van der Waals surface area contributed by atoms with E-state index in [1.165, 1.54) is 11.7 Å². The number of aryl methyl sites for hydroxylation is 2. The van der Waals surface area contributed by atoms with Gasteiger partial charge in [0.15, 0.2) is 5.82 Å². The summed E-state index contributed by atoms with van der Waals surface area (Å²) in [6.07, 6.45) is -1.98. The second kappa shape index (κ2) is 6.42. The Morgan fingerprint density at radius 1 is 1.32 bits per heavy atom. The Labute approximate surface area is 156 Å². The van der Waals surface area contributed by atoms with Gasteiger partial charge in [0.25, 0.3) is 11.8 Å².